The molecule has 1 heterocycles. The fourth-order valence-corrected chi connectivity index (χ4v) is 0.896. The van der Waals surface area contributed by atoms with Crippen molar-refractivity contribution in [2.45, 2.75) is 19.9 Å². The van der Waals surface area contributed by atoms with Crippen LogP contribution in [0.5, 0.6) is 0 Å². The minimum absolute atomic E-state index is 0.143. The van der Waals surface area contributed by atoms with Crippen LogP contribution in [0.3, 0.4) is 0 Å². The van der Waals surface area contributed by atoms with Gasteiger partial charge in [-0.2, -0.15) is 0 Å². The van der Waals surface area contributed by atoms with Crippen LogP contribution in [0.15, 0.2) is 24.4 Å². The second-order valence-corrected chi connectivity index (χ2v) is 2.27. The Hall–Kier alpha value is -1.42. The van der Waals surface area contributed by atoms with Crippen LogP contribution in [0.1, 0.15) is 25.6 Å². The minimum atomic E-state index is -0.399. The predicted molar refractivity (Wildman–Crippen MR) is 54.6 cm³/mol. The van der Waals surface area contributed by atoms with E-state index in [2.05, 4.69) is 10.3 Å². The molecule has 0 aliphatic heterocycles. The van der Waals surface area contributed by atoms with Gasteiger partial charge in [0, 0.05) is 6.20 Å². The number of nitrogens with zero attached hydrogens (tertiary/aromatic N) is 1. The van der Waals surface area contributed by atoms with Crippen molar-refractivity contribution in [2.24, 2.45) is 0 Å². The van der Waals surface area contributed by atoms with E-state index in [9.17, 15) is 4.79 Å². The van der Waals surface area contributed by atoms with E-state index in [-0.39, 0.29) is 6.61 Å². The van der Waals surface area contributed by atoms with Gasteiger partial charge < -0.3 is 10.4 Å². The SMILES string of the molecule is CC.O=CNC(CO)c1ccccn1. The second-order valence-electron chi connectivity index (χ2n) is 2.27. The van der Waals surface area contributed by atoms with Crippen LogP contribution in [0.25, 0.3) is 0 Å². The van der Waals surface area contributed by atoms with Gasteiger partial charge in [0.05, 0.1) is 18.3 Å². The van der Waals surface area contributed by atoms with E-state index in [1.165, 1.54) is 0 Å². The highest BCUT2D eigenvalue weighted by atomic mass is 16.3. The zero-order valence-corrected chi connectivity index (χ0v) is 8.47. The zero-order chi connectivity index (χ0) is 10.8. The summed E-state index contributed by atoms with van der Waals surface area (Å²) in [6.07, 6.45) is 2.17. The number of pyridine rings is 1. The molecule has 1 unspecified atom stereocenters. The molecule has 1 aromatic rings. The second kappa shape index (κ2) is 8.19. The average Bonchev–Trinajstić information content (AvgIpc) is 2.30. The Morgan fingerprint density at radius 2 is 2.29 bits per heavy atom. The van der Waals surface area contributed by atoms with Crippen molar-refractivity contribution < 1.29 is 9.90 Å². The number of hydrogen-bond donors (Lipinski definition) is 2. The molecule has 1 rings (SSSR count). The van der Waals surface area contributed by atoms with Gasteiger partial charge in [0.1, 0.15) is 0 Å². The molecule has 0 spiro atoms. The molecule has 0 aliphatic rings. The van der Waals surface area contributed by atoms with Crippen LogP contribution < -0.4 is 5.32 Å². The summed E-state index contributed by atoms with van der Waals surface area (Å²) in [5.41, 5.74) is 0.659. The van der Waals surface area contributed by atoms with Gasteiger partial charge in [-0.1, -0.05) is 19.9 Å². The van der Waals surface area contributed by atoms with Crippen LogP contribution >= 0.6 is 0 Å². The number of aromatic nitrogens is 1. The van der Waals surface area contributed by atoms with Crippen molar-refractivity contribution in [3.05, 3.63) is 30.1 Å². The quantitative estimate of drug-likeness (QED) is 0.703. The first-order valence-corrected chi connectivity index (χ1v) is 4.60. The van der Waals surface area contributed by atoms with E-state index in [4.69, 9.17) is 5.11 Å². The summed E-state index contributed by atoms with van der Waals surface area (Å²) in [7, 11) is 0. The van der Waals surface area contributed by atoms with Crippen molar-refractivity contribution in [3.8, 4) is 0 Å². The average molecular weight is 196 g/mol. The highest BCUT2D eigenvalue weighted by molar-refractivity contribution is 5.47. The lowest BCUT2D eigenvalue weighted by atomic mass is 10.2. The molecule has 1 aromatic heterocycles. The van der Waals surface area contributed by atoms with Gasteiger partial charge >= 0.3 is 0 Å². The summed E-state index contributed by atoms with van der Waals surface area (Å²) in [5, 5.41) is 11.3. The summed E-state index contributed by atoms with van der Waals surface area (Å²) < 4.78 is 0. The Kier molecular flexibility index (Phi) is 7.36. The largest absolute Gasteiger partial charge is 0.394 e. The minimum Gasteiger partial charge on any atom is -0.394 e. The lowest BCUT2D eigenvalue weighted by Crippen LogP contribution is -2.23. The summed E-state index contributed by atoms with van der Waals surface area (Å²) in [4.78, 5) is 14.1. The van der Waals surface area contributed by atoms with Gasteiger partial charge in [0.2, 0.25) is 6.41 Å². The summed E-state index contributed by atoms with van der Waals surface area (Å²) in [6.45, 7) is 3.86. The zero-order valence-electron chi connectivity index (χ0n) is 8.47. The van der Waals surface area contributed by atoms with E-state index in [0.717, 1.165) is 0 Å². The third-order valence-corrected chi connectivity index (χ3v) is 1.50. The van der Waals surface area contributed by atoms with Crippen molar-refractivity contribution in [3.63, 3.8) is 0 Å². The summed E-state index contributed by atoms with van der Waals surface area (Å²) in [6, 6.07) is 4.93. The smallest absolute Gasteiger partial charge is 0.207 e. The summed E-state index contributed by atoms with van der Waals surface area (Å²) in [5.74, 6) is 0. The predicted octanol–water partition coefficient (Wildman–Crippen LogP) is 0.887. The number of nitrogens with one attached hydrogen (secondary N) is 1. The highest BCUT2D eigenvalue weighted by Crippen LogP contribution is 2.06. The molecule has 0 aliphatic carbocycles. The normalized spacial score (nSPS) is 10.8. The molecule has 0 bridgehead atoms. The number of amides is 1. The Morgan fingerprint density at radius 3 is 2.71 bits per heavy atom. The van der Waals surface area contributed by atoms with Gasteiger partial charge in [-0.15, -0.1) is 0 Å². The molecule has 1 amide bonds. The van der Waals surface area contributed by atoms with Crippen molar-refractivity contribution >= 4 is 6.41 Å². The molecule has 0 aromatic carbocycles. The highest BCUT2D eigenvalue weighted by Gasteiger charge is 2.08. The fourth-order valence-electron chi connectivity index (χ4n) is 0.896. The molecule has 4 nitrogen and oxygen atoms in total. The first kappa shape index (κ1) is 12.6. The van der Waals surface area contributed by atoms with Gasteiger partial charge in [-0.05, 0) is 12.1 Å². The van der Waals surface area contributed by atoms with E-state index >= 15 is 0 Å². The molecule has 2 N–H and O–H groups in total. The Labute approximate surface area is 84.0 Å². The number of aliphatic hydroxyl groups excluding tert-OH is 1. The van der Waals surface area contributed by atoms with Gasteiger partial charge in [0.25, 0.3) is 0 Å². The maximum atomic E-state index is 10.1. The molecule has 4 heteroatoms. The van der Waals surface area contributed by atoms with E-state index < -0.39 is 6.04 Å². The first-order chi connectivity index (χ1) is 6.88. The maximum absolute atomic E-state index is 10.1. The number of rotatable bonds is 4. The molecule has 0 saturated heterocycles. The Morgan fingerprint density at radius 1 is 1.57 bits per heavy atom. The topological polar surface area (TPSA) is 62.2 Å². The first-order valence-electron chi connectivity index (χ1n) is 4.60. The molecule has 0 radical (unpaired) electrons. The molecule has 14 heavy (non-hydrogen) atoms. The molecule has 0 saturated carbocycles. The maximum Gasteiger partial charge on any atom is 0.207 e. The van der Waals surface area contributed by atoms with Gasteiger partial charge in [-0.25, -0.2) is 0 Å². The molecule has 78 valence electrons. The fraction of sp³-hybridized carbons (Fsp3) is 0.400. The Bertz CT molecular complexity index is 239. The molecular formula is C10H16N2O2. The van der Waals surface area contributed by atoms with Crippen molar-refractivity contribution in [1.82, 2.24) is 10.3 Å². The van der Waals surface area contributed by atoms with Crippen LogP contribution in [0.2, 0.25) is 0 Å². The van der Waals surface area contributed by atoms with Crippen molar-refractivity contribution in [2.75, 3.05) is 6.61 Å². The van der Waals surface area contributed by atoms with E-state index in [1.54, 1.807) is 24.4 Å². The summed E-state index contributed by atoms with van der Waals surface area (Å²) >= 11 is 0. The third-order valence-electron chi connectivity index (χ3n) is 1.50. The lowest BCUT2D eigenvalue weighted by molar-refractivity contribution is -0.110. The number of carbonyl (C=O) groups excluding carboxylic acids is 1. The van der Waals surface area contributed by atoms with Crippen LogP contribution in [-0.2, 0) is 4.79 Å². The van der Waals surface area contributed by atoms with Crippen molar-refractivity contribution in [1.29, 1.82) is 0 Å². The Balaban J connectivity index is 0.000000791. The standard InChI is InChI=1S/C8H10N2O2.C2H6/c11-5-8(10-6-12)7-3-1-2-4-9-7;1-2/h1-4,6,8,11H,5H2,(H,10,12);1-2H3. The molecule has 1 atom stereocenters. The molecule has 0 fully saturated rings. The monoisotopic (exact) mass is 196 g/mol. The number of aliphatic hydroxyl groups is 1. The van der Waals surface area contributed by atoms with E-state index in [0.29, 0.717) is 12.1 Å². The van der Waals surface area contributed by atoms with Gasteiger partial charge in [0.15, 0.2) is 0 Å². The van der Waals surface area contributed by atoms with Crippen LogP contribution in [-0.4, -0.2) is 23.1 Å². The lowest BCUT2D eigenvalue weighted by Gasteiger charge is -2.11. The number of hydrogen-bond acceptors (Lipinski definition) is 3. The van der Waals surface area contributed by atoms with Gasteiger partial charge in [-0.3, -0.25) is 9.78 Å². The molecular weight excluding hydrogens is 180 g/mol. The van der Waals surface area contributed by atoms with Crippen LogP contribution in [0, 0.1) is 0 Å². The van der Waals surface area contributed by atoms with Crippen LogP contribution in [0.4, 0.5) is 0 Å². The third kappa shape index (κ3) is 4.00. The van der Waals surface area contributed by atoms with E-state index in [1.807, 2.05) is 13.8 Å². The number of carbonyl (C=O) groups is 1.